The smallest absolute Gasteiger partial charge is 0.103 e. The summed E-state index contributed by atoms with van der Waals surface area (Å²) in [5.41, 5.74) is 4.79. The van der Waals surface area contributed by atoms with E-state index in [-0.39, 0.29) is 6.10 Å². The quantitative estimate of drug-likeness (QED) is 0.459. The first-order chi connectivity index (χ1) is 14.6. The van der Waals surface area contributed by atoms with Crippen molar-refractivity contribution in [3.05, 3.63) is 35.9 Å². The van der Waals surface area contributed by atoms with Gasteiger partial charge >= 0.3 is 0 Å². The average Bonchev–Trinajstić information content (AvgIpc) is 3.34. The molecule has 8 heteroatoms. The molecular formula is C22H28N6OS. The molecule has 4 rings (SSSR count). The number of ether oxygens (including phenoxy) is 1. The van der Waals surface area contributed by atoms with Gasteiger partial charge in [-0.25, -0.2) is 4.52 Å². The summed E-state index contributed by atoms with van der Waals surface area (Å²) in [4.78, 5) is 1.04. The van der Waals surface area contributed by atoms with Gasteiger partial charge in [-0.05, 0) is 46.2 Å². The summed E-state index contributed by atoms with van der Waals surface area (Å²) in [5.74, 6) is 0.819. The molecule has 0 spiro atoms. The van der Waals surface area contributed by atoms with E-state index in [2.05, 4.69) is 34.2 Å². The van der Waals surface area contributed by atoms with Crippen molar-refractivity contribution in [2.75, 3.05) is 25.4 Å². The Morgan fingerprint density at radius 3 is 2.97 bits per heavy atom. The van der Waals surface area contributed by atoms with Gasteiger partial charge in [0.05, 0.1) is 42.2 Å². The summed E-state index contributed by atoms with van der Waals surface area (Å²) in [6.07, 6.45) is 8.13. The molecule has 0 bridgehead atoms. The number of piperidine rings is 1. The predicted octanol–water partition coefficient (Wildman–Crippen LogP) is 3.82. The molecule has 1 aliphatic heterocycles. The van der Waals surface area contributed by atoms with Gasteiger partial charge in [-0.1, -0.05) is 0 Å². The Hall–Kier alpha value is -2.34. The number of hydrogen-bond acceptors (Lipinski definition) is 6. The third-order valence-electron chi connectivity index (χ3n) is 5.46. The minimum absolute atomic E-state index is 0.212. The van der Waals surface area contributed by atoms with E-state index in [1.807, 2.05) is 30.8 Å². The topological polar surface area (TPSA) is 80.2 Å². The Kier molecular flexibility index (Phi) is 6.42. The molecule has 3 aromatic rings. The minimum atomic E-state index is 0.212. The molecule has 158 valence electrons. The molecule has 7 nitrogen and oxygen atoms in total. The molecule has 0 aliphatic carbocycles. The van der Waals surface area contributed by atoms with Crippen LogP contribution in [0.5, 0.6) is 0 Å². The number of pyridine rings is 1. The number of aromatic nitrogens is 4. The van der Waals surface area contributed by atoms with E-state index in [0.29, 0.717) is 18.2 Å². The first-order valence-corrected chi connectivity index (χ1v) is 11.5. The van der Waals surface area contributed by atoms with Crippen LogP contribution in [0, 0.1) is 18.3 Å². The van der Waals surface area contributed by atoms with Gasteiger partial charge in [-0.15, -0.1) is 11.8 Å². The van der Waals surface area contributed by atoms with Crippen LogP contribution in [0.15, 0.2) is 29.6 Å². The molecule has 0 aromatic carbocycles. The minimum Gasteiger partial charge on any atom is -0.378 e. The van der Waals surface area contributed by atoms with E-state index in [4.69, 9.17) is 9.84 Å². The summed E-state index contributed by atoms with van der Waals surface area (Å²) in [6.45, 7) is 8.92. The van der Waals surface area contributed by atoms with E-state index in [9.17, 15) is 5.26 Å². The van der Waals surface area contributed by atoms with Gasteiger partial charge in [0.25, 0.3) is 0 Å². The highest BCUT2D eigenvalue weighted by Crippen LogP contribution is 2.33. The maximum absolute atomic E-state index is 9.51. The second-order valence-corrected chi connectivity index (χ2v) is 9.05. The van der Waals surface area contributed by atoms with Crippen molar-refractivity contribution >= 4 is 17.3 Å². The SMILES string of the molecule is Cc1c(-c2cc(SCCOC(C)C)c3c(C#N)cnn3c2)cnn1[C@H]1CCCNC1. The monoisotopic (exact) mass is 424 g/mol. The van der Waals surface area contributed by atoms with Crippen LogP contribution in [0.2, 0.25) is 0 Å². The number of nitrogens with one attached hydrogen (secondary N) is 1. The van der Waals surface area contributed by atoms with Crippen LogP contribution < -0.4 is 5.32 Å². The molecule has 1 aliphatic rings. The molecule has 30 heavy (non-hydrogen) atoms. The first-order valence-electron chi connectivity index (χ1n) is 10.5. The lowest BCUT2D eigenvalue weighted by Crippen LogP contribution is -2.32. The van der Waals surface area contributed by atoms with E-state index >= 15 is 0 Å². The van der Waals surface area contributed by atoms with E-state index < -0.39 is 0 Å². The zero-order chi connectivity index (χ0) is 21.1. The Bertz CT molecular complexity index is 1060. The summed E-state index contributed by atoms with van der Waals surface area (Å²) >= 11 is 1.70. The maximum atomic E-state index is 9.51. The summed E-state index contributed by atoms with van der Waals surface area (Å²) in [6, 6.07) is 4.82. The van der Waals surface area contributed by atoms with E-state index in [1.54, 1.807) is 18.0 Å². The molecule has 3 aromatic heterocycles. The van der Waals surface area contributed by atoms with Crippen LogP contribution in [0.25, 0.3) is 16.6 Å². The second kappa shape index (κ2) is 9.21. The number of nitriles is 1. The summed E-state index contributed by atoms with van der Waals surface area (Å²) in [7, 11) is 0. The van der Waals surface area contributed by atoms with Gasteiger partial charge in [0.1, 0.15) is 6.07 Å². The lowest BCUT2D eigenvalue weighted by atomic mass is 10.1. The van der Waals surface area contributed by atoms with Crippen molar-refractivity contribution in [1.82, 2.24) is 24.7 Å². The van der Waals surface area contributed by atoms with Crippen LogP contribution in [0.4, 0.5) is 0 Å². The van der Waals surface area contributed by atoms with Gasteiger partial charge in [-0.2, -0.15) is 15.5 Å². The van der Waals surface area contributed by atoms with Crippen LogP contribution in [-0.4, -0.2) is 50.9 Å². The first kappa shape index (κ1) is 20.9. The maximum Gasteiger partial charge on any atom is 0.103 e. The zero-order valence-electron chi connectivity index (χ0n) is 17.8. The van der Waals surface area contributed by atoms with Gasteiger partial charge < -0.3 is 10.1 Å². The lowest BCUT2D eigenvalue weighted by Gasteiger charge is -2.24. The fraction of sp³-hybridized carbons (Fsp3) is 0.500. The molecule has 0 radical (unpaired) electrons. The highest BCUT2D eigenvalue weighted by molar-refractivity contribution is 7.99. The van der Waals surface area contributed by atoms with Crippen LogP contribution in [0.3, 0.4) is 0 Å². The fourth-order valence-electron chi connectivity index (χ4n) is 3.98. The average molecular weight is 425 g/mol. The van der Waals surface area contributed by atoms with Crippen LogP contribution >= 0.6 is 11.8 Å². The highest BCUT2D eigenvalue weighted by Gasteiger charge is 2.20. The van der Waals surface area contributed by atoms with Crippen LogP contribution in [-0.2, 0) is 4.74 Å². The molecule has 4 heterocycles. The molecule has 1 atom stereocenters. The van der Waals surface area contributed by atoms with Crippen molar-refractivity contribution in [2.45, 2.75) is 50.7 Å². The number of nitrogens with zero attached hydrogens (tertiary/aromatic N) is 5. The van der Waals surface area contributed by atoms with Gasteiger partial charge in [0, 0.05) is 40.2 Å². The predicted molar refractivity (Wildman–Crippen MR) is 119 cm³/mol. The van der Waals surface area contributed by atoms with Crippen molar-refractivity contribution in [2.24, 2.45) is 0 Å². The van der Waals surface area contributed by atoms with Crippen molar-refractivity contribution < 1.29 is 4.74 Å². The summed E-state index contributed by atoms with van der Waals surface area (Å²) in [5, 5.41) is 22.1. The molecular weight excluding hydrogens is 396 g/mol. The molecule has 1 N–H and O–H groups in total. The molecule has 0 unspecified atom stereocenters. The Morgan fingerprint density at radius 1 is 1.37 bits per heavy atom. The third kappa shape index (κ3) is 4.24. The number of fused-ring (bicyclic) bond motifs is 1. The Balaban J connectivity index is 1.68. The second-order valence-electron chi connectivity index (χ2n) is 7.91. The molecule has 1 fully saturated rings. The van der Waals surface area contributed by atoms with Gasteiger partial charge in [-0.3, -0.25) is 4.68 Å². The number of hydrogen-bond donors (Lipinski definition) is 1. The standard InChI is InChI=1S/C22H28N6OS/c1-15(2)29-7-8-30-21-9-17(14-27-22(21)18(10-23)11-25-27)20-13-26-28(16(20)3)19-5-4-6-24-12-19/h9,11,13-15,19,24H,4-8,12H2,1-3H3/t19-/m0/s1. The van der Waals surface area contributed by atoms with Crippen molar-refractivity contribution in [3.63, 3.8) is 0 Å². The Morgan fingerprint density at radius 2 is 2.23 bits per heavy atom. The lowest BCUT2D eigenvalue weighted by molar-refractivity contribution is 0.0920. The third-order valence-corrected chi connectivity index (χ3v) is 6.45. The highest BCUT2D eigenvalue weighted by atomic mass is 32.2. The van der Waals surface area contributed by atoms with Gasteiger partial charge in [0.2, 0.25) is 0 Å². The van der Waals surface area contributed by atoms with E-state index in [0.717, 1.165) is 52.5 Å². The fourth-order valence-corrected chi connectivity index (χ4v) is 4.93. The van der Waals surface area contributed by atoms with Gasteiger partial charge in [0.15, 0.2) is 0 Å². The normalized spacial score (nSPS) is 17.0. The molecule has 0 saturated carbocycles. The Labute approximate surface area is 181 Å². The van der Waals surface area contributed by atoms with Crippen molar-refractivity contribution in [3.8, 4) is 17.2 Å². The summed E-state index contributed by atoms with van der Waals surface area (Å²) < 4.78 is 9.66. The van der Waals surface area contributed by atoms with E-state index in [1.165, 1.54) is 6.42 Å². The van der Waals surface area contributed by atoms with Crippen molar-refractivity contribution in [1.29, 1.82) is 5.26 Å². The molecule has 0 amide bonds. The largest absolute Gasteiger partial charge is 0.378 e. The van der Waals surface area contributed by atoms with Crippen LogP contribution in [0.1, 0.15) is 44.0 Å². The number of rotatable bonds is 7. The number of thioether (sulfide) groups is 1. The molecule has 1 saturated heterocycles. The zero-order valence-corrected chi connectivity index (χ0v) is 18.6.